The lowest BCUT2D eigenvalue weighted by molar-refractivity contribution is -0.122. The first-order chi connectivity index (χ1) is 10.4. The van der Waals surface area contributed by atoms with E-state index in [-0.39, 0.29) is 30.0 Å². The van der Waals surface area contributed by atoms with Gasteiger partial charge in [-0.3, -0.25) is 9.69 Å². The predicted molar refractivity (Wildman–Crippen MR) is 82.2 cm³/mol. The van der Waals surface area contributed by atoms with Crippen molar-refractivity contribution in [2.24, 2.45) is 7.05 Å². The van der Waals surface area contributed by atoms with Crippen molar-refractivity contribution in [1.82, 2.24) is 30.4 Å². The van der Waals surface area contributed by atoms with Crippen molar-refractivity contribution in [2.75, 3.05) is 37.4 Å². The van der Waals surface area contributed by atoms with E-state index < -0.39 is 9.84 Å². The van der Waals surface area contributed by atoms with Gasteiger partial charge in [0.15, 0.2) is 9.84 Å². The summed E-state index contributed by atoms with van der Waals surface area (Å²) in [5, 5.41) is 14.6. The molecule has 1 atom stereocenters. The molecule has 124 valence electrons. The normalized spacial score (nSPS) is 20.4. The molecule has 0 bridgehead atoms. The summed E-state index contributed by atoms with van der Waals surface area (Å²) in [5.41, 5.74) is 0. The smallest absolute Gasteiger partial charge is 0.234 e. The number of hydrogen-bond acceptors (Lipinski definition) is 8. The van der Waals surface area contributed by atoms with E-state index in [1.54, 1.807) is 23.7 Å². The van der Waals surface area contributed by atoms with Gasteiger partial charge < -0.3 is 5.32 Å². The molecule has 0 spiro atoms. The number of rotatable bonds is 7. The van der Waals surface area contributed by atoms with E-state index in [4.69, 9.17) is 0 Å². The molecule has 1 aliphatic heterocycles. The van der Waals surface area contributed by atoms with Gasteiger partial charge in [-0.25, -0.2) is 13.1 Å². The van der Waals surface area contributed by atoms with Crippen molar-refractivity contribution in [3.8, 4) is 0 Å². The van der Waals surface area contributed by atoms with E-state index in [2.05, 4.69) is 20.8 Å². The maximum absolute atomic E-state index is 11.8. The van der Waals surface area contributed by atoms with E-state index in [0.29, 0.717) is 23.9 Å². The molecular formula is C11H20N6O3S2. The highest BCUT2D eigenvalue weighted by molar-refractivity contribution is 7.99. The van der Waals surface area contributed by atoms with E-state index in [0.717, 1.165) is 0 Å². The fraction of sp³-hybridized carbons (Fsp3) is 0.818. The summed E-state index contributed by atoms with van der Waals surface area (Å²) >= 11 is 1.46. The molecule has 0 saturated carbocycles. The number of tetrazole rings is 1. The zero-order chi connectivity index (χ0) is 16.2. The molecule has 0 aromatic carbocycles. The molecule has 1 aromatic rings. The molecule has 2 rings (SSSR count). The molecule has 2 heterocycles. The highest BCUT2D eigenvalue weighted by Crippen LogP contribution is 2.16. The third kappa shape index (κ3) is 4.92. The minimum Gasteiger partial charge on any atom is -0.354 e. The lowest BCUT2D eigenvalue weighted by Gasteiger charge is -2.22. The highest BCUT2D eigenvalue weighted by Gasteiger charge is 2.31. The molecule has 1 saturated heterocycles. The van der Waals surface area contributed by atoms with Gasteiger partial charge in [-0.1, -0.05) is 11.8 Å². The standard InChI is InChI=1S/C11H20N6O3S2/c1-16(9-3-6-22(19,20)8-9)7-10(18)12-4-5-21-11-13-14-15-17(11)2/h9H,3-8H2,1-2H3,(H,12,18). The Kier molecular flexibility index (Phi) is 5.75. The van der Waals surface area contributed by atoms with E-state index in [1.165, 1.54) is 11.8 Å². The van der Waals surface area contributed by atoms with Crippen LogP contribution in [-0.4, -0.2) is 82.9 Å². The lowest BCUT2D eigenvalue weighted by Crippen LogP contribution is -2.41. The van der Waals surface area contributed by atoms with Crippen molar-refractivity contribution in [3.63, 3.8) is 0 Å². The van der Waals surface area contributed by atoms with Crippen LogP contribution in [0.25, 0.3) is 0 Å². The van der Waals surface area contributed by atoms with Crippen LogP contribution in [0, 0.1) is 0 Å². The van der Waals surface area contributed by atoms with Gasteiger partial charge in [0.25, 0.3) is 0 Å². The quantitative estimate of drug-likeness (QED) is 0.470. The Morgan fingerprint density at radius 1 is 1.55 bits per heavy atom. The number of aromatic nitrogens is 4. The van der Waals surface area contributed by atoms with Crippen LogP contribution in [0.4, 0.5) is 0 Å². The van der Waals surface area contributed by atoms with Gasteiger partial charge in [0, 0.05) is 25.4 Å². The molecule has 0 aliphatic carbocycles. The topological polar surface area (TPSA) is 110 Å². The second kappa shape index (κ2) is 7.38. The van der Waals surface area contributed by atoms with Gasteiger partial charge in [-0.2, -0.15) is 0 Å². The molecule has 1 fully saturated rings. The van der Waals surface area contributed by atoms with Gasteiger partial charge in [0.05, 0.1) is 18.1 Å². The van der Waals surface area contributed by atoms with Crippen molar-refractivity contribution >= 4 is 27.5 Å². The molecule has 1 aromatic heterocycles. The number of likely N-dealkylation sites (N-methyl/N-ethyl adjacent to an activating group) is 1. The summed E-state index contributed by atoms with van der Waals surface area (Å²) in [6, 6.07) is -0.0603. The Morgan fingerprint density at radius 2 is 2.32 bits per heavy atom. The van der Waals surface area contributed by atoms with Crippen LogP contribution >= 0.6 is 11.8 Å². The molecule has 9 nitrogen and oxygen atoms in total. The molecule has 1 amide bonds. The average molecular weight is 348 g/mol. The Balaban J connectivity index is 1.64. The molecule has 22 heavy (non-hydrogen) atoms. The Bertz CT molecular complexity index is 617. The van der Waals surface area contributed by atoms with E-state index in [9.17, 15) is 13.2 Å². The fourth-order valence-electron chi connectivity index (χ4n) is 2.21. The average Bonchev–Trinajstić information content (AvgIpc) is 3.00. The van der Waals surface area contributed by atoms with Gasteiger partial charge >= 0.3 is 0 Å². The number of nitrogens with one attached hydrogen (secondary N) is 1. The van der Waals surface area contributed by atoms with Gasteiger partial charge in [-0.15, -0.1) is 5.10 Å². The molecular weight excluding hydrogens is 328 g/mol. The van der Waals surface area contributed by atoms with Crippen molar-refractivity contribution in [1.29, 1.82) is 0 Å². The van der Waals surface area contributed by atoms with Crippen LogP contribution in [-0.2, 0) is 21.7 Å². The third-order valence-electron chi connectivity index (χ3n) is 3.46. The zero-order valence-electron chi connectivity index (χ0n) is 12.6. The van der Waals surface area contributed by atoms with Gasteiger partial charge in [0.2, 0.25) is 11.1 Å². The van der Waals surface area contributed by atoms with Crippen LogP contribution in [0.2, 0.25) is 0 Å². The Hall–Kier alpha value is -1.20. The molecule has 0 radical (unpaired) electrons. The van der Waals surface area contributed by atoms with Crippen LogP contribution < -0.4 is 5.32 Å². The van der Waals surface area contributed by atoms with Crippen molar-refractivity contribution in [3.05, 3.63) is 0 Å². The monoisotopic (exact) mass is 348 g/mol. The van der Waals surface area contributed by atoms with Crippen LogP contribution in [0.1, 0.15) is 6.42 Å². The number of amides is 1. The third-order valence-corrected chi connectivity index (χ3v) is 6.22. The first-order valence-electron chi connectivity index (χ1n) is 6.90. The van der Waals surface area contributed by atoms with Crippen molar-refractivity contribution < 1.29 is 13.2 Å². The minimum atomic E-state index is -2.92. The number of carbonyl (C=O) groups is 1. The van der Waals surface area contributed by atoms with Crippen LogP contribution in [0.15, 0.2) is 5.16 Å². The molecule has 1 aliphatic rings. The summed E-state index contributed by atoms with van der Waals surface area (Å²) in [7, 11) is 0.614. The SMILES string of the molecule is CN(CC(=O)NCCSc1nnnn1C)C1CCS(=O)(=O)C1. The first kappa shape index (κ1) is 17.2. The highest BCUT2D eigenvalue weighted by atomic mass is 32.2. The summed E-state index contributed by atoms with van der Waals surface area (Å²) in [4.78, 5) is 13.6. The van der Waals surface area contributed by atoms with Crippen molar-refractivity contribution in [2.45, 2.75) is 17.6 Å². The second-order valence-corrected chi connectivity index (χ2v) is 8.55. The minimum absolute atomic E-state index is 0.0603. The largest absolute Gasteiger partial charge is 0.354 e. The molecule has 11 heteroatoms. The summed E-state index contributed by atoms with van der Waals surface area (Å²) in [5.74, 6) is 0.919. The number of sulfone groups is 1. The molecule has 1 N–H and O–H groups in total. The maximum Gasteiger partial charge on any atom is 0.234 e. The number of carbonyl (C=O) groups excluding carboxylic acids is 1. The summed E-state index contributed by atoms with van der Waals surface area (Å²) < 4.78 is 24.4. The lowest BCUT2D eigenvalue weighted by atomic mass is 10.2. The zero-order valence-corrected chi connectivity index (χ0v) is 14.2. The summed E-state index contributed by atoms with van der Waals surface area (Å²) in [6.07, 6.45) is 0.598. The first-order valence-corrected chi connectivity index (χ1v) is 9.70. The Morgan fingerprint density at radius 3 is 2.91 bits per heavy atom. The summed E-state index contributed by atoms with van der Waals surface area (Å²) in [6.45, 7) is 0.712. The second-order valence-electron chi connectivity index (χ2n) is 5.26. The maximum atomic E-state index is 11.8. The number of aryl methyl sites for hydroxylation is 1. The predicted octanol–water partition coefficient (Wildman–Crippen LogP) is -1.46. The fourth-order valence-corrected chi connectivity index (χ4v) is 4.72. The van der Waals surface area contributed by atoms with Gasteiger partial charge in [-0.05, 0) is 23.9 Å². The Labute approximate surface area is 133 Å². The molecule has 1 unspecified atom stereocenters. The van der Waals surface area contributed by atoms with Crippen LogP contribution in [0.3, 0.4) is 0 Å². The van der Waals surface area contributed by atoms with E-state index in [1.807, 2.05) is 0 Å². The van der Waals surface area contributed by atoms with Gasteiger partial charge in [0.1, 0.15) is 0 Å². The number of thioether (sulfide) groups is 1. The van der Waals surface area contributed by atoms with Crippen LogP contribution in [0.5, 0.6) is 0 Å². The number of hydrogen-bond donors (Lipinski definition) is 1. The number of nitrogens with zero attached hydrogens (tertiary/aromatic N) is 5. The van der Waals surface area contributed by atoms with E-state index >= 15 is 0 Å².